The molecule has 2 aliphatic rings. The summed E-state index contributed by atoms with van der Waals surface area (Å²) in [7, 11) is 0. The molecule has 0 heterocycles. The van der Waals surface area contributed by atoms with E-state index in [1.165, 1.54) is 132 Å². The predicted molar refractivity (Wildman–Crippen MR) is 431 cm³/mol. The van der Waals surface area contributed by atoms with Gasteiger partial charge in [0, 0.05) is 45.0 Å². The number of fused-ring (bicyclic) bond motifs is 9. The third-order valence-corrected chi connectivity index (χ3v) is 21.7. The number of anilines is 6. The number of nitrogens with zero attached hydrogens (tertiary/aromatic N) is 2. The van der Waals surface area contributed by atoms with Crippen LogP contribution in [0.4, 0.5) is 34.1 Å². The normalized spacial score (nSPS) is 12.8. The fourth-order valence-electron chi connectivity index (χ4n) is 16.6. The molecule has 2 heteroatoms. The molecule has 17 aromatic carbocycles. The van der Waals surface area contributed by atoms with Crippen LogP contribution in [0.25, 0.3) is 99.1 Å². The summed E-state index contributed by atoms with van der Waals surface area (Å²) in [4.78, 5) is 4.79. The van der Waals surface area contributed by atoms with Crippen molar-refractivity contribution in [2.24, 2.45) is 0 Å². The summed E-state index contributed by atoms with van der Waals surface area (Å²) in [6.45, 7) is 4.77. The maximum atomic E-state index is 2.40. The molecule has 0 spiro atoms. The minimum atomic E-state index is -0.286. The standard InChI is InChI=1S/C52H37N.C48H35N/c1-52(50-25-8-6-21-48(50)49-22-7-9-26-51(49)52)40-17-12-18-43(35-40)53(41-31-27-38(28-32-41)46-23-10-15-36-13-2-4-19-44(36)46)42-33-29-39(30-34-42)47-24-11-16-37-14-3-5-20-45(37)47;1-48(46-23-9-7-20-44(46)45-21-8-10-24-47(45)48)38-17-12-18-41(33-38)49(39-29-25-35(26-30-39)34-13-3-2-4-14-34)40-31-27-37(28-32-40)43-22-11-16-36-15-5-6-19-42(36)43/h2-35H,1H3;2-33H,1H3. The minimum Gasteiger partial charge on any atom is -0.310 e. The van der Waals surface area contributed by atoms with Gasteiger partial charge in [-0.2, -0.15) is 0 Å². The highest BCUT2D eigenvalue weighted by Gasteiger charge is 2.42. The molecule has 0 radical (unpaired) electrons. The topological polar surface area (TPSA) is 6.48 Å². The largest absolute Gasteiger partial charge is 0.310 e. The van der Waals surface area contributed by atoms with Crippen LogP contribution in [0, 0.1) is 0 Å². The van der Waals surface area contributed by atoms with Crippen molar-refractivity contribution in [2.45, 2.75) is 24.7 Å². The van der Waals surface area contributed by atoms with E-state index in [0.29, 0.717) is 0 Å². The van der Waals surface area contributed by atoms with E-state index in [-0.39, 0.29) is 10.8 Å². The Labute approximate surface area is 597 Å². The maximum absolute atomic E-state index is 2.40. The van der Waals surface area contributed by atoms with Crippen molar-refractivity contribution < 1.29 is 0 Å². The van der Waals surface area contributed by atoms with Gasteiger partial charge >= 0.3 is 0 Å². The molecule has 0 bridgehead atoms. The molecule has 0 N–H and O–H groups in total. The van der Waals surface area contributed by atoms with E-state index in [2.05, 4.69) is 424 Å². The Kier molecular flexibility index (Phi) is 15.5. The Bertz CT molecular complexity index is 5740. The fraction of sp³-hybridized carbons (Fsp3) is 0.0400. The van der Waals surface area contributed by atoms with Gasteiger partial charge in [0.25, 0.3) is 0 Å². The van der Waals surface area contributed by atoms with Crippen molar-refractivity contribution in [1.82, 2.24) is 0 Å². The van der Waals surface area contributed by atoms with Crippen molar-refractivity contribution in [3.05, 3.63) is 434 Å². The molecule has 2 aliphatic carbocycles. The molecule has 0 amide bonds. The van der Waals surface area contributed by atoms with Crippen LogP contribution in [0.2, 0.25) is 0 Å². The number of hydrogen-bond donors (Lipinski definition) is 0. The number of hydrogen-bond acceptors (Lipinski definition) is 2. The zero-order chi connectivity index (χ0) is 68.1. The summed E-state index contributed by atoms with van der Waals surface area (Å²) in [6, 6.07) is 146. The van der Waals surface area contributed by atoms with Crippen molar-refractivity contribution in [3.63, 3.8) is 0 Å². The van der Waals surface area contributed by atoms with E-state index in [1.54, 1.807) is 0 Å². The molecule has 0 fully saturated rings. The van der Waals surface area contributed by atoms with E-state index >= 15 is 0 Å². The molecule has 19 rings (SSSR count). The first-order valence-corrected chi connectivity index (χ1v) is 35.5. The van der Waals surface area contributed by atoms with Crippen LogP contribution in [0.3, 0.4) is 0 Å². The van der Waals surface area contributed by atoms with Gasteiger partial charge in [0.05, 0.1) is 0 Å². The lowest BCUT2D eigenvalue weighted by Crippen LogP contribution is -2.23. The molecular weight excluding hydrogens is 1230 g/mol. The molecular formula is C100H72N2. The predicted octanol–water partition coefficient (Wildman–Crippen LogP) is 27.1. The van der Waals surface area contributed by atoms with Crippen molar-refractivity contribution >= 4 is 66.4 Å². The third-order valence-electron chi connectivity index (χ3n) is 21.7. The van der Waals surface area contributed by atoms with Crippen LogP contribution in [0.5, 0.6) is 0 Å². The van der Waals surface area contributed by atoms with E-state index in [0.717, 1.165) is 34.1 Å². The molecule has 482 valence electrons. The zero-order valence-electron chi connectivity index (χ0n) is 57.0. The molecule has 17 aromatic rings. The van der Waals surface area contributed by atoms with Crippen molar-refractivity contribution in [2.75, 3.05) is 9.80 Å². The minimum absolute atomic E-state index is 0.274. The SMILES string of the molecule is CC1(c2cccc(N(c3ccc(-c4cccc5ccccc45)cc3)c3ccc(-c4cccc5ccccc45)cc3)c2)c2ccccc2-c2ccccc21.CC1(c2cccc(N(c3ccc(-c4ccccc4)cc3)c3ccc(-c4cccc5ccccc45)cc3)c2)c2ccccc2-c2ccccc21. The molecule has 0 saturated heterocycles. The summed E-state index contributed by atoms with van der Waals surface area (Å²) >= 11 is 0. The van der Waals surface area contributed by atoms with Gasteiger partial charge in [0.2, 0.25) is 0 Å². The van der Waals surface area contributed by atoms with Gasteiger partial charge < -0.3 is 9.80 Å². The summed E-state index contributed by atoms with van der Waals surface area (Å²) in [5, 5.41) is 7.56. The van der Waals surface area contributed by atoms with Gasteiger partial charge in [-0.15, -0.1) is 0 Å². The summed E-state index contributed by atoms with van der Waals surface area (Å²) in [5.41, 5.74) is 29.2. The van der Waals surface area contributed by atoms with E-state index in [9.17, 15) is 0 Å². The quantitative estimate of drug-likeness (QED) is 0.120. The number of benzene rings is 17. The van der Waals surface area contributed by atoms with Crippen LogP contribution < -0.4 is 9.80 Å². The Balaban J connectivity index is 0.000000147. The second-order valence-corrected chi connectivity index (χ2v) is 27.3. The molecule has 0 aliphatic heterocycles. The third kappa shape index (κ3) is 10.7. The second-order valence-electron chi connectivity index (χ2n) is 27.3. The monoisotopic (exact) mass is 1300 g/mol. The zero-order valence-corrected chi connectivity index (χ0v) is 57.0. The Morgan fingerprint density at radius 1 is 0.176 bits per heavy atom. The molecule has 0 atom stereocenters. The first-order chi connectivity index (χ1) is 50.3. The molecule has 0 unspecified atom stereocenters. The van der Waals surface area contributed by atoms with Crippen LogP contribution >= 0.6 is 0 Å². The molecule has 2 nitrogen and oxygen atoms in total. The van der Waals surface area contributed by atoms with Crippen molar-refractivity contribution in [1.29, 1.82) is 0 Å². The second kappa shape index (κ2) is 25.8. The molecule has 0 aromatic heterocycles. The lowest BCUT2D eigenvalue weighted by atomic mass is 9.74. The number of rotatable bonds is 12. The van der Waals surface area contributed by atoms with E-state index < -0.39 is 0 Å². The Morgan fingerprint density at radius 2 is 0.422 bits per heavy atom. The smallest absolute Gasteiger partial charge is 0.0464 e. The average molecular weight is 1300 g/mol. The average Bonchev–Trinajstić information content (AvgIpc) is 1.56. The Hall–Kier alpha value is -12.9. The maximum Gasteiger partial charge on any atom is 0.0464 e. The molecule has 0 saturated carbocycles. The van der Waals surface area contributed by atoms with Gasteiger partial charge in [-0.1, -0.05) is 328 Å². The lowest BCUT2D eigenvalue weighted by molar-refractivity contribution is 0.714. The highest BCUT2D eigenvalue weighted by atomic mass is 15.1. The van der Waals surface area contributed by atoms with Gasteiger partial charge in [0.15, 0.2) is 0 Å². The lowest BCUT2D eigenvalue weighted by Gasteiger charge is -2.31. The Morgan fingerprint density at radius 3 is 0.755 bits per heavy atom. The van der Waals surface area contributed by atoms with Crippen molar-refractivity contribution in [3.8, 4) is 66.8 Å². The van der Waals surface area contributed by atoms with E-state index in [4.69, 9.17) is 0 Å². The summed E-state index contributed by atoms with van der Waals surface area (Å²) in [6.07, 6.45) is 0. The van der Waals surface area contributed by atoms with Crippen LogP contribution in [-0.4, -0.2) is 0 Å². The van der Waals surface area contributed by atoms with Gasteiger partial charge in [-0.05, 0) is 219 Å². The van der Waals surface area contributed by atoms with Crippen LogP contribution in [0.1, 0.15) is 47.2 Å². The van der Waals surface area contributed by atoms with E-state index in [1.807, 2.05) is 0 Å². The highest BCUT2D eigenvalue weighted by molar-refractivity contribution is 6.00. The summed E-state index contributed by atoms with van der Waals surface area (Å²) < 4.78 is 0. The van der Waals surface area contributed by atoms with Gasteiger partial charge in [-0.25, -0.2) is 0 Å². The first kappa shape index (κ1) is 61.5. The molecule has 102 heavy (non-hydrogen) atoms. The highest BCUT2D eigenvalue weighted by Crippen LogP contribution is 2.55. The van der Waals surface area contributed by atoms with Crippen LogP contribution in [-0.2, 0) is 10.8 Å². The summed E-state index contributed by atoms with van der Waals surface area (Å²) in [5.74, 6) is 0. The first-order valence-electron chi connectivity index (χ1n) is 35.5. The fourth-order valence-corrected chi connectivity index (χ4v) is 16.6. The van der Waals surface area contributed by atoms with Crippen LogP contribution in [0.15, 0.2) is 400 Å². The van der Waals surface area contributed by atoms with Gasteiger partial charge in [0.1, 0.15) is 0 Å². The van der Waals surface area contributed by atoms with Gasteiger partial charge in [-0.3, -0.25) is 0 Å².